The van der Waals surface area contributed by atoms with E-state index in [0.29, 0.717) is 16.7 Å². The maximum atomic E-state index is 6.12. The second-order valence-electron chi connectivity index (χ2n) is 3.31. The average molecular weight is 253 g/mol. The summed E-state index contributed by atoms with van der Waals surface area (Å²) in [4.78, 5) is 0. The van der Waals surface area contributed by atoms with Crippen LogP contribution >= 0.6 is 23.2 Å². The molecule has 2 aromatic carbocycles. The number of benzene rings is 2. The van der Waals surface area contributed by atoms with Crippen LogP contribution in [0.3, 0.4) is 0 Å². The number of fused-ring (bicyclic) bond motifs is 1. The van der Waals surface area contributed by atoms with Gasteiger partial charge in [-0.3, -0.25) is 0 Å². The molecule has 0 fully saturated rings. The van der Waals surface area contributed by atoms with Gasteiger partial charge in [0.25, 0.3) is 0 Å². The molecule has 0 aliphatic heterocycles. The van der Waals surface area contributed by atoms with Crippen molar-refractivity contribution in [3.8, 4) is 5.75 Å². The van der Waals surface area contributed by atoms with Crippen molar-refractivity contribution in [1.29, 1.82) is 0 Å². The van der Waals surface area contributed by atoms with Crippen molar-refractivity contribution < 1.29 is 4.74 Å². The van der Waals surface area contributed by atoms with Crippen LogP contribution < -0.4 is 4.74 Å². The molecule has 0 aromatic heterocycles. The van der Waals surface area contributed by atoms with Gasteiger partial charge in [0.1, 0.15) is 12.4 Å². The van der Waals surface area contributed by atoms with Crippen LogP contribution in [0, 0.1) is 0 Å². The monoisotopic (exact) mass is 252 g/mol. The van der Waals surface area contributed by atoms with Gasteiger partial charge in [-0.05, 0) is 18.2 Å². The molecule has 1 nitrogen and oxygen atoms in total. The lowest BCUT2D eigenvalue weighted by Crippen LogP contribution is -1.93. The Hall–Kier alpha value is -1.18. The molecule has 0 spiro atoms. The van der Waals surface area contributed by atoms with Crippen LogP contribution in [0.2, 0.25) is 10.0 Å². The minimum Gasteiger partial charge on any atom is -0.489 e. The van der Waals surface area contributed by atoms with Gasteiger partial charge >= 0.3 is 0 Å². The summed E-state index contributed by atoms with van der Waals surface area (Å²) in [5.41, 5.74) is 0. The van der Waals surface area contributed by atoms with Crippen LogP contribution in [0.1, 0.15) is 0 Å². The minimum atomic E-state index is 0.472. The largest absolute Gasteiger partial charge is 0.489 e. The van der Waals surface area contributed by atoms with E-state index in [0.717, 1.165) is 16.5 Å². The Labute approximate surface area is 104 Å². The third-order valence-corrected chi connectivity index (χ3v) is 3.08. The Kier molecular flexibility index (Phi) is 3.37. The zero-order valence-corrected chi connectivity index (χ0v) is 10.1. The highest BCUT2D eigenvalue weighted by molar-refractivity contribution is 6.45. The number of halogens is 2. The molecule has 2 rings (SSSR count). The molecule has 0 radical (unpaired) electrons. The van der Waals surface area contributed by atoms with Crippen molar-refractivity contribution in [2.24, 2.45) is 0 Å². The zero-order chi connectivity index (χ0) is 11.5. The molecule has 0 amide bonds. The Morgan fingerprint density at radius 2 is 1.94 bits per heavy atom. The van der Waals surface area contributed by atoms with Crippen LogP contribution in [0.15, 0.2) is 43.0 Å². The Bertz CT molecular complexity index is 535. The summed E-state index contributed by atoms with van der Waals surface area (Å²) in [6.45, 7) is 4.09. The van der Waals surface area contributed by atoms with Crippen molar-refractivity contribution in [3.05, 3.63) is 53.0 Å². The van der Waals surface area contributed by atoms with Gasteiger partial charge in [-0.15, -0.1) is 0 Å². The molecule has 0 aliphatic rings. The lowest BCUT2D eigenvalue weighted by Gasteiger charge is -2.09. The number of hydrogen-bond donors (Lipinski definition) is 0. The number of hydrogen-bond acceptors (Lipinski definition) is 1. The van der Waals surface area contributed by atoms with E-state index in [1.807, 2.05) is 24.3 Å². The van der Waals surface area contributed by atoms with E-state index in [9.17, 15) is 0 Å². The van der Waals surface area contributed by atoms with Gasteiger partial charge in [-0.1, -0.05) is 48.0 Å². The topological polar surface area (TPSA) is 9.23 Å². The molecular formula is C13H10Cl2O. The van der Waals surface area contributed by atoms with Crippen molar-refractivity contribution >= 4 is 34.0 Å². The SMILES string of the molecule is C=CCOc1cccc2c(Cl)c(Cl)ccc12. The predicted molar refractivity (Wildman–Crippen MR) is 69.7 cm³/mol. The molecule has 16 heavy (non-hydrogen) atoms. The molecule has 0 unspecified atom stereocenters. The van der Waals surface area contributed by atoms with Crippen molar-refractivity contribution in [2.45, 2.75) is 0 Å². The normalized spacial score (nSPS) is 10.4. The van der Waals surface area contributed by atoms with E-state index in [-0.39, 0.29) is 0 Å². The van der Waals surface area contributed by atoms with Crippen LogP contribution in [-0.2, 0) is 0 Å². The fraction of sp³-hybridized carbons (Fsp3) is 0.0769. The summed E-state index contributed by atoms with van der Waals surface area (Å²) in [5, 5.41) is 2.97. The molecule has 0 atom stereocenters. The van der Waals surface area contributed by atoms with Crippen LogP contribution in [0.4, 0.5) is 0 Å². The van der Waals surface area contributed by atoms with E-state index in [2.05, 4.69) is 6.58 Å². The highest BCUT2D eigenvalue weighted by Gasteiger charge is 2.07. The molecule has 2 aromatic rings. The average Bonchev–Trinajstić information content (AvgIpc) is 2.31. The fourth-order valence-corrected chi connectivity index (χ4v) is 1.93. The molecule has 0 heterocycles. The van der Waals surface area contributed by atoms with Gasteiger partial charge in [0.2, 0.25) is 0 Å². The lowest BCUT2D eigenvalue weighted by molar-refractivity contribution is 0.367. The summed E-state index contributed by atoms with van der Waals surface area (Å²) in [6.07, 6.45) is 1.70. The second-order valence-corrected chi connectivity index (χ2v) is 4.10. The predicted octanol–water partition coefficient (Wildman–Crippen LogP) is 4.71. The molecule has 0 aliphatic carbocycles. The first-order chi connectivity index (χ1) is 7.74. The second kappa shape index (κ2) is 4.77. The van der Waals surface area contributed by atoms with Crippen molar-refractivity contribution in [2.75, 3.05) is 6.61 Å². The van der Waals surface area contributed by atoms with E-state index in [4.69, 9.17) is 27.9 Å². The Balaban J connectivity index is 2.60. The molecule has 0 N–H and O–H groups in total. The molecular weight excluding hydrogens is 243 g/mol. The van der Waals surface area contributed by atoms with Crippen LogP contribution in [0.5, 0.6) is 5.75 Å². The minimum absolute atomic E-state index is 0.472. The summed E-state index contributed by atoms with van der Waals surface area (Å²) in [6, 6.07) is 9.39. The number of rotatable bonds is 3. The van der Waals surface area contributed by atoms with E-state index in [1.165, 1.54) is 0 Å². The fourth-order valence-electron chi connectivity index (χ4n) is 1.54. The van der Waals surface area contributed by atoms with Gasteiger partial charge in [-0.25, -0.2) is 0 Å². The first kappa shape index (κ1) is 11.3. The van der Waals surface area contributed by atoms with Gasteiger partial charge in [0, 0.05) is 10.8 Å². The summed E-state index contributed by atoms with van der Waals surface area (Å²) in [7, 11) is 0. The third kappa shape index (κ3) is 2.01. The zero-order valence-electron chi connectivity index (χ0n) is 8.54. The lowest BCUT2D eigenvalue weighted by atomic mass is 10.1. The Morgan fingerprint density at radius 3 is 2.69 bits per heavy atom. The first-order valence-corrected chi connectivity index (χ1v) is 5.60. The molecule has 0 saturated heterocycles. The third-order valence-electron chi connectivity index (χ3n) is 2.27. The summed E-state index contributed by atoms with van der Waals surface area (Å²) < 4.78 is 5.54. The van der Waals surface area contributed by atoms with E-state index < -0.39 is 0 Å². The first-order valence-electron chi connectivity index (χ1n) is 4.84. The van der Waals surface area contributed by atoms with Gasteiger partial charge < -0.3 is 4.74 Å². The van der Waals surface area contributed by atoms with Crippen molar-refractivity contribution in [1.82, 2.24) is 0 Å². The smallest absolute Gasteiger partial charge is 0.127 e. The van der Waals surface area contributed by atoms with E-state index >= 15 is 0 Å². The maximum absolute atomic E-state index is 6.12. The molecule has 82 valence electrons. The van der Waals surface area contributed by atoms with Gasteiger partial charge in [-0.2, -0.15) is 0 Å². The van der Waals surface area contributed by atoms with Crippen molar-refractivity contribution in [3.63, 3.8) is 0 Å². The maximum Gasteiger partial charge on any atom is 0.127 e. The van der Waals surface area contributed by atoms with Gasteiger partial charge in [0.15, 0.2) is 0 Å². The summed E-state index contributed by atoms with van der Waals surface area (Å²) in [5.74, 6) is 0.788. The summed E-state index contributed by atoms with van der Waals surface area (Å²) >= 11 is 12.1. The van der Waals surface area contributed by atoms with Crippen LogP contribution in [-0.4, -0.2) is 6.61 Å². The number of ether oxygens (including phenoxy) is 1. The highest BCUT2D eigenvalue weighted by Crippen LogP contribution is 2.35. The van der Waals surface area contributed by atoms with E-state index in [1.54, 1.807) is 12.1 Å². The standard InChI is InChI=1S/C13H10Cl2O/c1-2-8-16-12-5-3-4-10-9(12)6-7-11(14)13(10)15/h2-7H,1,8H2. The quantitative estimate of drug-likeness (QED) is 0.719. The highest BCUT2D eigenvalue weighted by atomic mass is 35.5. The Morgan fingerprint density at radius 1 is 1.12 bits per heavy atom. The molecule has 3 heteroatoms. The van der Waals surface area contributed by atoms with Crippen LogP contribution in [0.25, 0.3) is 10.8 Å². The molecule has 0 saturated carbocycles. The molecule has 0 bridgehead atoms. The van der Waals surface area contributed by atoms with Gasteiger partial charge in [0.05, 0.1) is 10.0 Å².